The average molecular weight is 462 g/mol. The Hall–Kier alpha value is -3.95. The Morgan fingerprint density at radius 2 is 1.62 bits per heavy atom. The fraction of sp³-hybridized carbons (Fsp3) is 0.375. The number of hydrogen-bond acceptors (Lipinski definition) is 10. The first-order chi connectivity index (χ1) is 16.7. The number of rotatable bonds is 7. The number of carbonyl (C=O) groups excluding carboxylic acids is 1. The number of methoxy groups -OCH3 is 1. The van der Waals surface area contributed by atoms with Gasteiger partial charge in [0.25, 0.3) is 0 Å². The predicted octanol–water partition coefficient (Wildman–Crippen LogP) is 3.56. The zero-order chi connectivity index (χ0) is 23.3. The molecule has 0 aliphatic carbocycles. The molecule has 34 heavy (non-hydrogen) atoms. The van der Waals surface area contributed by atoms with E-state index in [-0.39, 0.29) is 0 Å². The third kappa shape index (κ3) is 4.70. The second kappa shape index (κ2) is 9.90. The summed E-state index contributed by atoms with van der Waals surface area (Å²) in [6.45, 7) is 3.81. The summed E-state index contributed by atoms with van der Waals surface area (Å²) in [6, 6.07) is 10.7. The minimum atomic E-state index is -0.415. The molecule has 2 aliphatic heterocycles. The SMILES string of the molecule is COC(=O)c1ccccc1-c1ccc(/C=N/Nc2nc(N3CCCC3)nc(N3CCCC3)n2)o1. The third-order valence-corrected chi connectivity index (χ3v) is 5.97. The van der Waals surface area contributed by atoms with E-state index >= 15 is 0 Å². The Labute approximate surface area is 197 Å². The first-order valence-electron chi connectivity index (χ1n) is 11.5. The van der Waals surface area contributed by atoms with Gasteiger partial charge in [-0.2, -0.15) is 20.1 Å². The summed E-state index contributed by atoms with van der Waals surface area (Å²) in [4.78, 5) is 30.3. The van der Waals surface area contributed by atoms with Crippen molar-refractivity contribution in [2.24, 2.45) is 5.10 Å². The van der Waals surface area contributed by atoms with Crippen LogP contribution in [0.1, 0.15) is 41.8 Å². The highest BCUT2D eigenvalue weighted by Crippen LogP contribution is 2.26. The van der Waals surface area contributed by atoms with Crippen molar-refractivity contribution in [3.8, 4) is 11.3 Å². The average Bonchev–Trinajstić information content (AvgIpc) is 3.66. The van der Waals surface area contributed by atoms with Gasteiger partial charge in [0, 0.05) is 31.7 Å². The van der Waals surface area contributed by atoms with Crippen LogP contribution >= 0.6 is 0 Å². The van der Waals surface area contributed by atoms with Crippen molar-refractivity contribution in [2.45, 2.75) is 25.7 Å². The predicted molar refractivity (Wildman–Crippen MR) is 129 cm³/mol. The maximum absolute atomic E-state index is 12.1. The number of hydrogen-bond donors (Lipinski definition) is 1. The fourth-order valence-corrected chi connectivity index (χ4v) is 4.23. The molecule has 10 nitrogen and oxygen atoms in total. The van der Waals surface area contributed by atoms with Crippen molar-refractivity contribution < 1.29 is 13.9 Å². The van der Waals surface area contributed by atoms with Gasteiger partial charge in [-0.1, -0.05) is 18.2 Å². The van der Waals surface area contributed by atoms with Crippen LogP contribution in [0.15, 0.2) is 45.9 Å². The highest BCUT2D eigenvalue weighted by molar-refractivity contribution is 5.96. The van der Waals surface area contributed by atoms with E-state index in [2.05, 4.69) is 30.3 Å². The molecule has 1 aromatic carbocycles. The van der Waals surface area contributed by atoms with E-state index in [9.17, 15) is 4.79 Å². The van der Waals surface area contributed by atoms with Gasteiger partial charge >= 0.3 is 5.97 Å². The topological polar surface area (TPSA) is 109 Å². The van der Waals surface area contributed by atoms with Gasteiger partial charge in [0.1, 0.15) is 11.5 Å². The largest absolute Gasteiger partial charge is 0.465 e. The van der Waals surface area contributed by atoms with Crippen LogP contribution in [0.3, 0.4) is 0 Å². The fourth-order valence-electron chi connectivity index (χ4n) is 4.23. The van der Waals surface area contributed by atoms with Crippen molar-refractivity contribution in [1.82, 2.24) is 15.0 Å². The lowest BCUT2D eigenvalue weighted by Gasteiger charge is -2.20. The molecule has 4 heterocycles. The van der Waals surface area contributed by atoms with Crippen LogP contribution in [0.5, 0.6) is 0 Å². The second-order valence-corrected chi connectivity index (χ2v) is 8.26. The van der Waals surface area contributed by atoms with Crippen LogP contribution in [0.25, 0.3) is 11.3 Å². The standard InChI is InChI=1S/C24H27N7O3/c1-33-21(32)19-9-3-2-8-18(19)20-11-10-17(34-20)16-25-29-22-26-23(30-12-4-5-13-30)28-24(27-22)31-14-6-7-15-31/h2-3,8-11,16H,4-7,12-15H2,1H3,(H,26,27,28,29)/b25-16+. The molecule has 10 heteroatoms. The normalized spacial score (nSPS) is 15.9. The Kier molecular flexibility index (Phi) is 6.37. The molecule has 176 valence electrons. The Bertz CT molecular complexity index is 1150. The van der Waals surface area contributed by atoms with Crippen molar-refractivity contribution in [3.63, 3.8) is 0 Å². The second-order valence-electron chi connectivity index (χ2n) is 8.26. The number of furan rings is 1. The zero-order valence-corrected chi connectivity index (χ0v) is 19.1. The van der Waals surface area contributed by atoms with E-state index in [1.165, 1.54) is 7.11 Å². The monoisotopic (exact) mass is 461 g/mol. The molecule has 0 amide bonds. The highest BCUT2D eigenvalue weighted by Gasteiger charge is 2.21. The number of aromatic nitrogens is 3. The summed E-state index contributed by atoms with van der Waals surface area (Å²) in [5, 5.41) is 4.28. The molecular formula is C24H27N7O3. The van der Waals surface area contributed by atoms with Gasteiger partial charge in [0.05, 0.1) is 18.9 Å². The molecule has 0 bridgehead atoms. The summed E-state index contributed by atoms with van der Waals surface area (Å²) in [6.07, 6.45) is 6.13. The van der Waals surface area contributed by atoms with Gasteiger partial charge in [-0.05, 0) is 43.9 Å². The molecule has 2 saturated heterocycles. The van der Waals surface area contributed by atoms with Crippen molar-refractivity contribution >= 4 is 30.0 Å². The van der Waals surface area contributed by atoms with E-state index in [0.29, 0.717) is 40.5 Å². The third-order valence-electron chi connectivity index (χ3n) is 5.97. The molecule has 0 spiro atoms. The van der Waals surface area contributed by atoms with Gasteiger partial charge in [-0.25, -0.2) is 10.2 Å². The molecule has 3 aromatic rings. The van der Waals surface area contributed by atoms with Crippen LogP contribution in [0, 0.1) is 0 Å². The van der Waals surface area contributed by atoms with E-state index in [1.54, 1.807) is 30.5 Å². The lowest BCUT2D eigenvalue weighted by molar-refractivity contribution is 0.0601. The maximum Gasteiger partial charge on any atom is 0.338 e. The van der Waals surface area contributed by atoms with Gasteiger partial charge in [-0.3, -0.25) is 0 Å². The van der Waals surface area contributed by atoms with Gasteiger partial charge in [0.2, 0.25) is 17.8 Å². The van der Waals surface area contributed by atoms with Crippen LogP contribution < -0.4 is 15.2 Å². The molecule has 0 saturated carbocycles. The highest BCUT2D eigenvalue weighted by atomic mass is 16.5. The zero-order valence-electron chi connectivity index (χ0n) is 19.1. The number of ether oxygens (including phenoxy) is 1. The molecule has 2 aromatic heterocycles. The molecule has 0 atom stereocenters. The first kappa shape index (κ1) is 21.9. The Morgan fingerprint density at radius 3 is 2.26 bits per heavy atom. The van der Waals surface area contributed by atoms with Crippen molar-refractivity contribution in [3.05, 3.63) is 47.7 Å². The maximum atomic E-state index is 12.1. The number of esters is 1. The van der Waals surface area contributed by atoms with Crippen LogP contribution in [0.4, 0.5) is 17.8 Å². The molecule has 2 fully saturated rings. The molecule has 2 aliphatic rings. The molecule has 0 radical (unpaired) electrons. The van der Waals surface area contributed by atoms with E-state index in [4.69, 9.17) is 14.1 Å². The van der Waals surface area contributed by atoms with E-state index in [0.717, 1.165) is 51.9 Å². The smallest absolute Gasteiger partial charge is 0.338 e. The minimum absolute atomic E-state index is 0.401. The Balaban J connectivity index is 1.34. The number of benzene rings is 1. The summed E-state index contributed by atoms with van der Waals surface area (Å²) >= 11 is 0. The van der Waals surface area contributed by atoms with Gasteiger partial charge in [-0.15, -0.1) is 0 Å². The van der Waals surface area contributed by atoms with Crippen molar-refractivity contribution in [2.75, 3.05) is 48.5 Å². The summed E-state index contributed by atoms with van der Waals surface area (Å²) in [5.74, 6) is 2.43. The summed E-state index contributed by atoms with van der Waals surface area (Å²) in [7, 11) is 1.36. The summed E-state index contributed by atoms with van der Waals surface area (Å²) in [5.41, 5.74) is 4.03. The van der Waals surface area contributed by atoms with Crippen molar-refractivity contribution in [1.29, 1.82) is 0 Å². The van der Waals surface area contributed by atoms with Crippen LogP contribution in [0.2, 0.25) is 0 Å². The lowest BCUT2D eigenvalue weighted by Crippen LogP contribution is -2.25. The lowest BCUT2D eigenvalue weighted by atomic mass is 10.1. The molecule has 0 unspecified atom stereocenters. The Morgan fingerprint density at radius 1 is 0.971 bits per heavy atom. The number of nitrogens with one attached hydrogen (secondary N) is 1. The van der Waals surface area contributed by atoms with Crippen LogP contribution in [-0.4, -0.2) is 60.4 Å². The van der Waals surface area contributed by atoms with E-state index in [1.807, 2.05) is 12.1 Å². The van der Waals surface area contributed by atoms with Gasteiger partial charge < -0.3 is 19.0 Å². The molecular weight excluding hydrogens is 434 g/mol. The summed E-state index contributed by atoms with van der Waals surface area (Å²) < 4.78 is 10.8. The number of anilines is 3. The number of carbonyl (C=O) groups is 1. The number of nitrogens with zero attached hydrogens (tertiary/aromatic N) is 6. The molecule has 5 rings (SSSR count). The minimum Gasteiger partial charge on any atom is -0.465 e. The molecule has 1 N–H and O–H groups in total. The quantitative estimate of drug-likeness (QED) is 0.321. The van der Waals surface area contributed by atoms with E-state index < -0.39 is 5.97 Å². The number of hydrazone groups is 1. The first-order valence-corrected chi connectivity index (χ1v) is 11.5. The van der Waals surface area contributed by atoms with Gasteiger partial charge in [0.15, 0.2) is 0 Å². The van der Waals surface area contributed by atoms with Crippen LogP contribution in [-0.2, 0) is 4.74 Å².